The minimum absolute atomic E-state index is 0.146. The first-order chi connectivity index (χ1) is 29.3. The Labute approximate surface area is 376 Å². The summed E-state index contributed by atoms with van der Waals surface area (Å²) in [5.74, 6) is 0.743. The van der Waals surface area contributed by atoms with Crippen molar-refractivity contribution >= 4 is 48.8 Å². The molecule has 2 N–H and O–H groups in total. The number of aromatic nitrogens is 4. The Morgan fingerprint density at radius 2 is 1.10 bits per heavy atom. The van der Waals surface area contributed by atoms with E-state index in [1.54, 1.807) is 66.1 Å². The molecule has 4 heterocycles. The summed E-state index contributed by atoms with van der Waals surface area (Å²) in [6.07, 6.45) is 6.27. The fourth-order valence-electron chi connectivity index (χ4n) is 7.18. The van der Waals surface area contributed by atoms with Gasteiger partial charge in [0.05, 0.1) is 13.1 Å². The first-order valence-electron chi connectivity index (χ1n) is 20.4. The minimum Gasteiger partial charge on any atom is -0.337 e. The molecule has 0 aliphatic rings. The van der Waals surface area contributed by atoms with Gasteiger partial charge in [0, 0.05) is 67.6 Å². The molecular formula is C45H54F2N6O6S4. The van der Waals surface area contributed by atoms with E-state index in [9.17, 15) is 21.6 Å². The lowest BCUT2D eigenvalue weighted by Gasteiger charge is -2.20. The highest BCUT2D eigenvalue weighted by Gasteiger charge is 2.30. The van der Waals surface area contributed by atoms with Crippen LogP contribution < -0.4 is 9.61 Å². The van der Waals surface area contributed by atoms with Crippen molar-refractivity contribution < 1.29 is 35.2 Å². The van der Waals surface area contributed by atoms with Crippen LogP contribution in [0.15, 0.2) is 81.7 Å². The van der Waals surface area contributed by atoms with Gasteiger partial charge in [-0.1, -0.05) is 93.5 Å². The van der Waals surface area contributed by atoms with Gasteiger partial charge in [0.15, 0.2) is 0 Å². The highest BCUT2D eigenvalue weighted by Crippen LogP contribution is 2.39. The van der Waals surface area contributed by atoms with Crippen molar-refractivity contribution in [3.05, 3.63) is 117 Å². The smallest absolute Gasteiger partial charge is 0.337 e. The Bertz CT molecular complexity index is 2840. The van der Waals surface area contributed by atoms with Gasteiger partial charge in [-0.3, -0.25) is 0 Å². The van der Waals surface area contributed by atoms with Crippen LogP contribution in [-0.2, 0) is 61.6 Å². The van der Waals surface area contributed by atoms with Crippen LogP contribution in [0, 0.1) is 23.5 Å². The lowest BCUT2D eigenvalue weighted by Crippen LogP contribution is -2.36. The van der Waals surface area contributed by atoms with Gasteiger partial charge >= 0.3 is 6.09 Å². The van der Waals surface area contributed by atoms with Gasteiger partial charge in [0.25, 0.3) is 20.0 Å². The van der Waals surface area contributed by atoms with E-state index in [1.165, 1.54) is 12.1 Å². The lowest BCUT2D eigenvalue weighted by molar-refractivity contribution is 0.131. The predicted octanol–water partition coefficient (Wildman–Crippen LogP) is 10.2. The van der Waals surface area contributed by atoms with Crippen molar-refractivity contribution in [2.45, 2.75) is 114 Å². The van der Waals surface area contributed by atoms with Crippen LogP contribution in [0.2, 0.25) is 0 Å². The Hall–Kier alpha value is -4.75. The van der Waals surface area contributed by atoms with E-state index in [2.05, 4.69) is 9.97 Å². The summed E-state index contributed by atoms with van der Waals surface area (Å²) < 4.78 is 91.9. The molecule has 0 saturated heterocycles. The maximum Gasteiger partial charge on any atom is 0.441 e. The number of imidazole rings is 2. The van der Waals surface area contributed by atoms with E-state index < -0.39 is 37.8 Å². The second-order valence-corrected chi connectivity index (χ2v) is 24.5. The molecular weight excluding hydrogens is 887 g/mol. The molecule has 12 nitrogen and oxygen atoms in total. The van der Waals surface area contributed by atoms with Gasteiger partial charge in [0.2, 0.25) is 0 Å². The van der Waals surface area contributed by atoms with E-state index in [4.69, 9.17) is 4.84 Å². The molecule has 0 bridgehead atoms. The molecule has 63 heavy (non-hydrogen) atoms. The van der Waals surface area contributed by atoms with Crippen LogP contribution in [0.4, 0.5) is 13.6 Å². The lowest BCUT2D eigenvalue weighted by atomic mass is 9.95. The summed E-state index contributed by atoms with van der Waals surface area (Å²) in [6, 6.07) is 12.2. The topological polar surface area (TPSA) is 154 Å². The average Bonchev–Trinajstić information content (AvgIpc) is 3.98. The van der Waals surface area contributed by atoms with Crippen molar-refractivity contribution in [1.29, 1.82) is 0 Å². The molecule has 0 atom stereocenters. The molecule has 6 aromatic rings. The number of carbonyl (C=O) groups is 1. The van der Waals surface area contributed by atoms with E-state index >= 15 is 8.78 Å². The first-order valence-corrected chi connectivity index (χ1v) is 25.0. The van der Waals surface area contributed by atoms with Crippen LogP contribution in [0.1, 0.15) is 102 Å². The number of nitrogens with zero attached hydrogens (tertiary/aromatic N) is 4. The average molecular weight is 941 g/mol. The summed E-state index contributed by atoms with van der Waals surface area (Å²) in [5, 5.41) is 0. The Morgan fingerprint density at radius 1 is 0.683 bits per heavy atom. The summed E-state index contributed by atoms with van der Waals surface area (Å²) in [7, 11) is -9.33. The van der Waals surface area contributed by atoms with E-state index in [-0.39, 0.29) is 66.4 Å². The summed E-state index contributed by atoms with van der Waals surface area (Å²) in [5.41, 5.74) is 1.07. The van der Waals surface area contributed by atoms with Crippen molar-refractivity contribution in [3.8, 4) is 22.3 Å². The fraction of sp³-hybridized carbons (Fsp3) is 0.400. The van der Waals surface area contributed by atoms with Gasteiger partial charge in [-0.2, -0.15) is 0 Å². The molecule has 0 saturated carbocycles. The number of thiophene rings is 2. The highest BCUT2D eigenvalue weighted by atomic mass is 32.3. The molecule has 0 unspecified atom stereocenters. The second kappa shape index (κ2) is 18.4. The molecule has 4 aromatic heterocycles. The fourth-order valence-corrected chi connectivity index (χ4v) is 12.7. The van der Waals surface area contributed by atoms with Gasteiger partial charge in [-0.15, -0.1) is 22.7 Å². The molecule has 1 amide bonds. The Morgan fingerprint density at radius 3 is 1.48 bits per heavy atom. The van der Waals surface area contributed by atoms with Gasteiger partial charge in [-0.25, -0.2) is 45.1 Å². The molecule has 0 aliphatic carbocycles. The number of hydrogen-bond donors (Lipinski definition) is 2. The number of sulfonamides is 2. The monoisotopic (exact) mass is 940 g/mol. The largest absolute Gasteiger partial charge is 0.441 e. The zero-order chi connectivity index (χ0) is 46.2. The Kier molecular flexibility index (Phi) is 13.9. The molecule has 338 valence electrons. The third-order valence-electron chi connectivity index (χ3n) is 9.85. The molecule has 0 aliphatic heterocycles. The third kappa shape index (κ3) is 11.3. The minimum atomic E-state index is -4.69. The summed E-state index contributed by atoms with van der Waals surface area (Å²) >= 11 is 1.85. The number of nitrogens with one attached hydrogen (secondary N) is 2. The van der Waals surface area contributed by atoms with Crippen molar-refractivity contribution in [3.63, 3.8) is 0 Å². The zero-order valence-electron chi connectivity index (χ0n) is 37.0. The van der Waals surface area contributed by atoms with Gasteiger partial charge < -0.3 is 14.0 Å². The van der Waals surface area contributed by atoms with Crippen LogP contribution in [-0.4, -0.2) is 42.0 Å². The summed E-state index contributed by atoms with van der Waals surface area (Å²) in [4.78, 5) is 30.0. The van der Waals surface area contributed by atoms with Gasteiger partial charge in [0.1, 0.15) is 31.7 Å². The number of carbonyl (C=O) groups excluding carboxylic acids is 1. The van der Waals surface area contributed by atoms with Crippen molar-refractivity contribution in [2.75, 3.05) is 0 Å². The second-order valence-electron chi connectivity index (χ2n) is 18.5. The van der Waals surface area contributed by atoms with E-state index in [0.29, 0.717) is 33.7 Å². The van der Waals surface area contributed by atoms with Crippen LogP contribution in [0.25, 0.3) is 22.3 Å². The van der Waals surface area contributed by atoms with Crippen LogP contribution >= 0.6 is 22.7 Å². The van der Waals surface area contributed by atoms with Crippen LogP contribution in [0.5, 0.6) is 0 Å². The molecule has 0 spiro atoms. The Balaban J connectivity index is 1.23. The molecule has 18 heteroatoms. The maximum absolute atomic E-state index is 15.8. The number of amides is 1. The molecule has 0 radical (unpaired) electrons. The first kappa shape index (κ1) is 47.7. The number of hydrogen-bond acceptors (Lipinski definition) is 10. The molecule has 0 fully saturated rings. The third-order valence-corrected chi connectivity index (χ3v) is 15.7. The van der Waals surface area contributed by atoms with Crippen molar-refractivity contribution in [1.82, 2.24) is 28.7 Å². The number of benzene rings is 2. The quantitative estimate of drug-likeness (QED) is 0.0965. The zero-order valence-corrected chi connectivity index (χ0v) is 40.3. The standard InChI is InChI=1S/C45H54F2N6O6S4/c1-27(2)19-33-23-35(29-11-13-31(37(46)21-29)25-52-17-15-48-41(52)44(5,6)7)39(60-33)62(55,56)50-43(54)59-51-63(57,58)40-36(24-34(61-40)20-28(3)4)30-12-14-32(38(47)22-30)26-53-18-16-49-42(53)45(8,9)10/h11-18,21-24,27-28,51H,19-20,25-26H2,1-10H3,(H,50,54). The normalized spacial score (nSPS) is 12.7. The van der Waals surface area contributed by atoms with Crippen LogP contribution in [0.3, 0.4) is 0 Å². The molecule has 2 aromatic carbocycles. The predicted molar refractivity (Wildman–Crippen MR) is 244 cm³/mol. The van der Waals surface area contributed by atoms with Gasteiger partial charge in [-0.05, 0) is 65.0 Å². The van der Waals surface area contributed by atoms with Crippen molar-refractivity contribution in [2.24, 2.45) is 11.8 Å². The highest BCUT2D eigenvalue weighted by molar-refractivity contribution is 7.92. The number of halogens is 2. The number of rotatable bonds is 15. The maximum atomic E-state index is 15.8. The SMILES string of the molecule is CC(C)Cc1cc(-c2ccc(Cn3ccnc3C(C)(C)C)c(F)c2)c(S(=O)(=O)NOC(=O)NS(=O)(=O)c2sc(CC(C)C)cc2-c2ccc(Cn3ccnc3C(C)(C)C)c(F)c2)s1. The van der Waals surface area contributed by atoms with E-state index in [0.717, 1.165) is 34.3 Å². The summed E-state index contributed by atoms with van der Waals surface area (Å²) in [6.45, 7) is 20.4. The van der Waals surface area contributed by atoms with E-state index in [1.807, 2.05) is 83.1 Å². The molecule has 6 rings (SSSR count).